The Morgan fingerprint density at radius 1 is 1.33 bits per heavy atom. The van der Waals surface area contributed by atoms with Crippen molar-refractivity contribution in [3.8, 4) is 0 Å². The highest BCUT2D eigenvalue weighted by Gasteiger charge is 2.17. The Balaban J connectivity index is 2.22. The van der Waals surface area contributed by atoms with Crippen molar-refractivity contribution in [3.05, 3.63) is 32.5 Å². The first-order chi connectivity index (χ1) is 8.70. The molecule has 0 aromatic carbocycles. The molecule has 2 rings (SSSR count). The van der Waals surface area contributed by atoms with E-state index in [1.54, 1.807) is 0 Å². The van der Waals surface area contributed by atoms with Crippen molar-refractivity contribution in [2.75, 3.05) is 5.88 Å². The zero-order valence-electron chi connectivity index (χ0n) is 10.1. The topological polar surface area (TPSA) is 12.9 Å². The molecule has 18 heavy (non-hydrogen) atoms. The average Bonchev–Trinajstić information content (AvgIpc) is 2.39. The second kappa shape index (κ2) is 7.06. The molecule has 0 bridgehead atoms. The minimum Gasteiger partial charge on any atom is -0.255 e. The van der Waals surface area contributed by atoms with Crippen LogP contribution in [-0.2, 0) is 0 Å². The Hall–Kier alpha value is 0.140. The summed E-state index contributed by atoms with van der Waals surface area (Å²) in [5.41, 5.74) is 2.30. The highest BCUT2D eigenvalue weighted by molar-refractivity contribution is 9.11. The zero-order valence-corrected chi connectivity index (χ0v) is 14.1. The van der Waals surface area contributed by atoms with Gasteiger partial charge in [-0.05, 0) is 62.8 Å². The Morgan fingerprint density at radius 3 is 2.67 bits per heavy atom. The van der Waals surface area contributed by atoms with Crippen LogP contribution >= 0.6 is 43.5 Å². The number of pyridine rings is 1. The van der Waals surface area contributed by atoms with E-state index >= 15 is 0 Å². The van der Waals surface area contributed by atoms with Gasteiger partial charge in [-0.25, -0.2) is 0 Å². The van der Waals surface area contributed by atoms with E-state index in [1.165, 1.54) is 37.7 Å². The number of allylic oxidation sites excluding steroid dienone is 1. The van der Waals surface area contributed by atoms with Gasteiger partial charge in [0, 0.05) is 21.0 Å². The number of nitrogens with zero attached hydrogens (tertiary/aromatic N) is 1. The number of hydrogen-bond acceptors (Lipinski definition) is 1. The quantitative estimate of drug-likeness (QED) is 0.591. The molecule has 0 N–H and O–H groups in total. The van der Waals surface area contributed by atoms with E-state index < -0.39 is 0 Å². The van der Waals surface area contributed by atoms with Crippen LogP contribution in [0, 0.1) is 5.92 Å². The molecular weight excluding hydrogens is 377 g/mol. The van der Waals surface area contributed by atoms with E-state index in [1.807, 2.05) is 12.3 Å². The van der Waals surface area contributed by atoms with Crippen molar-refractivity contribution < 1.29 is 0 Å². The van der Waals surface area contributed by atoms with E-state index in [0.717, 1.165) is 14.6 Å². The molecule has 1 aliphatic rings. The maximum atomic E-state index is 6.11. The van der Waals surface area contributed by atoms with Crippen molar-refractivity contribution in [1.29, 1.82) is 0 Å². The number of rotatable bonds is 3. The van der Waals surface area contributed by atoms with Crippen molar-refractivity contribution in [1.82, 2.24) is 4.98 Å². The maximum absolute atomic E-state index is 6.11. The molecule has 0 spiro atoms. The first kappa shape index (κ1) is 14.5. The number of halogens is 3. The van der Waals surface area contributed by atoms with Gasteiger partial charge >= 0.3 is 0 Å². The lowest BCUT2D eigenvalue weighted by Gasteiger charge is -2.23. The summed E-state index contributed by atoms with van der Waals surface area (Å²) in [7, 11) is 0. The van der Waals surface area contributed by atoms with Gasteiger partial charge in [-0.15, -0.1) is 11.6 Å². The molecule has 1 nitrogen and oxygen atoms in total. The Labute approximate surface area is 130 Å². The maximum Gasteiger partial charge on any atom is 0.0772 e. The summed E-state index contributed by atoms with van der Waals surface area (Å²) in [5.74, 6) is 1.25. The summed E-state index contributed by atoms with van der Waals surface area (Å²) < 4.78 is 1.99. The van der Waals surface area contributed by atoms with E-state index in [-0.39, 0.29) is 0 Å². The van der Waals surface area contributed by atoms with Crippen LogP contribution < -0.4 is 0 Å². The summed E-state index contributed by atoms with van der Waals surface area (Å²) >= 11 is 13.1. The molecule has 0 radical (unpaired) electrons. The molecule has 1 aliphatic carbocycles. The van der Waals surface area contributed by atoms with E-state index in [4.69, 9.17) is 11.6 Å². The van der Waals surface area contributed by atoms with Gasteiger partial charge in [0.05, 0.1) is 5.69 Å². The average molecular weight is 394 g/mol. The van der Waals surface area contributed by atoms with Crippen LogP contribution in [0.5, 0.6) is 0 Å². The van der Waals surface area contributed by atoms with Crippen molar-refractivity contribution in [2.24, 2.45) is 5.92 Å². The van der Waals surface area contributed by atoms with E-state index in [2.05, 4.69) is 42.9 Å². The number of aromatic nitrogens is 1. The fraction of sp³-hybridized carbons (Fsp3) is 0.500. The van der Waals surface area contributed by atoms with Crippen molar-refractivity contribution in [3.63, 3.8) is 0 Å². The molecule has 0 amide bonds. The second-order valence-electron chi connectivity index (χ2n) is 4.71. The third-order valence-electron chi connectivity index (χ3n) is 3.44. The molecule has 1 heterocycles. The largest absolute Gasteiger partial charge is 0.255 e. The van der Waals surface area contributed by atoms with Gasteiger partial charge in [0.15, 0.2) is 0 Å². The molecule has 0 aliphatic heterocycles. The summed E-state index contributed by atoms with van der Waals surface area (Å²) in [4.78, 5) is 4.43. The zero-order chi connectivity index (χ0) is 13.0. The molecule has 4 heteroatoms. The molecule has 1 fully saturated rings. The lowest BCUT2D eigenvalue weighted by Crippen LogP contribution is -2.10. The SMILES string of the molecule is ClCC(=Cc1ncc(Br)cc1Br)C1CCCCC1. The van der Waals surface area contributed by atoms with Gasteiger partial charge in [-0.3, -0.25) is 4.98 Å². The van der Waals surface area contributed by atoms with Crippen molar-refractivity contribution >= 4 is 49.5 Å². The van der Waals surface area contributed by atoms with E-state index in [0.29, 0.717) is 11.8 Å². The Morgan fingerprint density at radius 2 is 2.06 bits per heavy atom. The van der Waals surface area contributed by atoms with Crippen LogP contribution in [0.25, 0.3) is 6.08 Å². The molecule has 1 aromatic heterocycles. The molecule has 98 valence electrons. The normalized spacial score (nSPS) is 18.1. The smallest absolute Gasteiger partial charge is 0.0772 e. The summed E-state index contributed by atoms with van der Waals surface area (Å²) in [5, 5.41) is 0. The minimum atomic E-state index is 0.606. The fourth-order valence-electron chi connectivity index (χ4n) is 2.45. The molecule has 1 saturated carbocycles. The highest BCUT2D eigenvalue weighted by Crippen LogP contribution is 2.32. The van der Waals surface area contributed by atoms with Crippen LogP contribution in [-0.4, -0.2) is 10.9 Å². The first-order valence-corrected chi connectivity index (χ1v) is 8.40. The molecule has 1 aromatic rings. The van der Waals surface area contributed by atoms with Gasteiger partial charge in [-0.2, -0.15) is 0 Å². The van der Waals surface area contributed by atoms with Gasteiger partial charge in [0.2, 0.25) is 0 Å². The van der Waals surface area contributed by atoms with Crippen LogP contribution in [0.4, 0.5) is 0 Å². The van der Waals surface area contributed by atoms with E-state index in [9.17, 15) is 0 Å². The molecule has 0 unspecified atom stereocenters. The predicted molar refractivity (Wildman–Crippen MR) is 84.9 cm³/mol. The standard InChI is InChI=1S/C14H16Br2ClN/c15-12-7-13(16)14(18-9-12)6-11(8-17)10-4-2-1-3-5-10/h6-7,9-10H,1-5,8H2. The van der Waals surface area contributed by atoms with Crippen molar-refractivity contribution in [2.45, 2.75) is 32.1 Å². The van der Waals surface area contributed by atoms with Crippen LogP contribution in [0.2, 0.25) is 0 Å². The first-order valence-electron chi connectivity index (χ1n) is 6.28. The number of hydrogen-bond donors (Lipinski definition) is 0. The summed E-state index contributed by atoms with van der Waals surface area (Å²) in [6.45, 7) is 0. The van der Waals surface area contributed by atoms with Crippen LogP contribution in [0.3, 0.4) is 0 Å². The molecule has 0 atom stereocenters. The number of alkyl halides is 1. The molecular formula is C14H16Br2ClN. The van der Waals surface area contributed by atoms with Gasteiger partial charge in [0.25, 0.3) is 0 Å². The fourth-order valence-corrected chi connectivity index (χ4v) is 3.84. The minimum absolute atomic E-state index is 0.606. The Kier molecular flexibility index (Phi) is 5.71. The lowest BCUT2D eigenvalue weighted by molar-refractivity contribution is 0.405. The van der Waals surface area contributed by atoms with Gasteiger partial charge in [-0.1, -0.05) is 24.8 Å². The Bertz CT molecular complexity index is 439. The van der Waals surface area contributed by atoms with Crippen LogP contribution in [0.1, 0.15) is 37.8 Å². The predicted octanol–water partition coefficient (Wildman–Crippen LogP) is 5.81. The monoisotopic (exact) mass is 391 g/mol. The third-order valence-corrected chi connectivity index (χ3v) is 4.82. The van der Waals surface area contributed by atoms with Crippen LogP contribution in [0.15, 0.2) is 26.8 Å². The highest BCUT2D eigenvalue weighted by atomic mass is 79.9. The summed E-state index contributed by atoms with van der Waals surface area (Å²) in [6.07, 6.45) is 10.5. The van der Waals surface area contributed by atoms with Gasteiger partial charge < -0.3 is 0 Å². The lowest BCUT2D eigenvalue weighted by atomic mass is 9.84. The third kappa shape index (κ3) is 3.82. The second-order valence-corrected chi connectivity index (χ2v) is 6.75. The van der Waals surface area contributed by atoms with Gasteiger partial charge in [0.1, 0.15) is 0 Å². The molecule has 0 saturated heterocycles. The summed E-state index contributed by atoms with van der Waals surface area (Å²) in [6, 6.07) is 2.02.